The van der Waals surface area contributed by atoms with Crippen LogP contribution in [0.4, 0.5) is 5.95 Å². The van der Waals surface area contributed by atoms with Crippen molar-refractivity contribution in [2.75, 3.05) is 5.73 Å². The zero-order valence-corrected chi connectivity index (χ0v) is 8.14. The minimum Gasteiger partial charge on any atom is -0.368 e. The summed E-state index contributed by atoms with van der Waals surface area (Å²) in [6, 6.07) is 1.81. The standard InChI is InChI=1S/C7H6BrN5/c8-5-4-10-7(9)12-6(5)13-3-1-2-11-13/h1-4H,(H2,9,10,12). The van der Waals surface area contributed by atoms with Crippen LogP contribution in [-0.2, 0) is 0 Å². The van der Waals surface area contributed by atoms with E-state index in [2.05, 4.69) is 31.0 Å². The third kappa shape index (κ3) is 1.52. The first-order valence-corrected chi connectivity index (χ1v) is 4.35. The molecule has 0 radical (unpaired) electrons. The van der Waals surface area contributed by atoms with Crippen LogP contribution in [-0.4, -0.2) is 19.7 Å². The second-order valence-corrected chi connectivity index (χ2v) is 3.20. The van der Waals surface area contributed by atoms with Crippen molar-refractivity contribution in [3.63, 3.8) is 0 Å². The highest BCUT2D eigenvalue weighted by Crippen LogP contribution is 2.16. The highest BCUT2D eigenvalue weighted by atomic mass is 79.9. The van der Waals surface area contributed by atoms with E-state index in [0.717, 1.165) is 4.47 Å². The molecule has 0 atom stereocenters. The van der Waals surface area contributed by atoms with Gasteiger partial charge in [-0.2, -0.15) is 10.1 Å². The maximum atomic E-state index is 5.45. The van der Waals surface area contributed by atoms with Crippen molar-refractivity contribution < 1.29 is 0 Å². The van der Waals surface area contributed by atoms with Gasteiger partial charge < -0.3 is 5.73 Å². The van der Waals surface area contributed by atoms with Crippen LogP contribution in [0, 0.1) is 0 Å². The Morgan fingerprint density at radius 1 is 1.46 bits per heavy atom. The molecular weight excluding hydrogens is 234 g/mol. The topological polar surface area (TPSA) is 69.6 Å². The van der Waals surface area contributed by atoms with E-state index in [1.807, 2.05) is 6.07 Å². The lowest BCUT2D eigenvalue weighted by Crippen LogP contribution is -2.03. The Morgan fingerprint density at radius 3 is 3.00 bits per heavy atom. The predicted molar refractivity (Wildman–Crippen MR) is 51.3 cm³/mol. The Hall–Kier alpha value is -1.43. The number of hydrogen-bond acceptors (Lipinski definition) is 4. The smallest absolute Gasteiger partial charge is 0.222 e. The Labute approximate surface area is 82.7 Å². The van der Waals surface area contributed by atoms with Gasteiger partial charge in [0.2, 0.25) is 5.95 Å². The summed E-state index contributed by atoms with van der Waals surface area (Å²) in [7, 11) is 0. The maximum absolute atomic E-state index is 5.45. The highest BCUT2D eigenvalue weighted by molar-refractivity contribution is 9.10. The minimum atomic E-state index is 0.230. The highest BCUT2D eigenvalue weighted by Gasteiger charge is 2.04. The second kappa shape index (κ2) is 3.14. The van der Waals surface area contributed by atoms with Gasteiger partial charge in [0.05, 0.1) is 4.47 Å². The molecule has 2 aromatic heterocycles. The Kier molecular flexibility index (Phi) is 1.97. The van der Waals surface area contributed by atoms with E-state index in [-0.39, 0.29) is 5.95 Å². The lowest BCUT2D eigenvalue weighted by molar-refractivity contribution is 0.836. The largest absolute Gasteiger partial charge is 0.368 e. The number of hydrogen-bond donors (Lipinski definition) is 1. The normalized spacial score (nSPS) is 10.2. The molecule has 66 valence electrons. The van der Waals surface area contributed by atoms with Crippen LogP contribution in [0.3, 0.4) is 0 Å². The molecule has 0 saturated carbocycles. The molecule has 2 N–H and O–H groups in total. The molecule has 0 saturated heterocycles. The van der Waals surface area contributed by atoms with E-state index < -0.39 is 0 Å². The van der Waals surface area contributed by atoms with Crippen molar-refractivity contribution in [1.82, 2.24) is 19.7 Å². The minimum absolute atomic E-state index is 0.230. The van der Waals surface area contributed by atoms with E-state index in [0.29, 0.717) is 5.82 Å². The van der Waals surface area contributed by atoms with Gasteiger partial charge in [-0.3, -0.25) is 0 Å². The van der Waals surface area contributed by atoms with Crippen molar-refractivity contribution in [1.29, 1.82) is 0 Å². The summed E-state index contributed by atoms with van der Waals surface area (Å²) in [5.41, 5.74) is 5.45. The summed E-state index contributed by atoms with van der Waals surface area (Å²) >= 11 is 3.31. The van der Waals surface area contributed by atoms with Crippen LogP contribution < -0.4 is 5.73 Å². The summed E-state index contributed by atoms with van der Waals surface area (Å²) in [5.74, 6) is 0.867. The van der Waals surface area contributed by atoms with Gasteiger partial charge in [0, 0.05) is 18.6 Å². The second-order valence-electron chi connectivity index (χ2n) is 2.35. The monoisotopic (exact) mass is 239 g/mol. The van der Waals surface area contributed by atoms with Crippen molar-refractivity contribution in [2.45, 2.75) is 0 Å². The number of halogens is 1. The summed E-state index contributed by atoms with van der Waals surface area (Å²) in [5, 5.41) is 4.03. The molecular formula is C7H6BrN5. The van der Waals surface area contributed by atoms with Crippen LogP contribution in [0.2, 0.25) is 0 Å². The number of nitrogen functional groups attached to an aromatic ring is 1. The quantitative estimate of drug-likeness (QED) is 0.807. The van der Waals surface area contributed by atoms with E-state index in [9.17, 15) is 0 Å². The fourth-order valence-electron chi connectivity index (χ4n) is 0.926. The molecule has 0 amide bonds. The van der Waals surface area contributed by atoms with Crippen molar-refractivity contribution in [2.24, 2.45) is 0 Å². The van der Waals surface area contributed by atoms with Crippen molar-refractivity contribution >= 4 is 21.9 Å². The van der Waals surface area contributed by atoms with Crippen LogP contribution in [0.1, 0.15) is 0 Å². The van der Waals surface area contributed by atoms with Crippen molar-refractivity contribution in [3.05, 3.63) is 29.1 Å². The number of rotatable bonds is 1. The Balaban J connectivity index is 2.57. The molecule has 5 nitrogen and oxygen atoms in total. The fourth-order valence-corrected chi connectivity index (χ4v) is 1.30. The first-order valence-electron chi connectivity index (χ1n) is 3.55. The van der Waals surface area contributed by atoms with E-state index in [4.69, 9.17) is 5.73 Å². The zero-order valence-electron chi connectivity index (χ0n) is 6.55. The van der Waals surface area contributed by atoms with Gasteiger partial charge in [0.15, 0.2) is 5.82 Å². The number of anilines is 1. The number of nitrogens with zero attached hydrogens (tertiary/aromatic N) is 4. The van der Waals surface area contributed by atoms with E-state index in [1.54, 1.807) is 23.3 Å². The van der Waals surface area contributed by atoms with Crippen LogP contribution in [0.25, 0.3) is 5.82 Å². The van der Waals surface area contributed by atoms with Gasteiger partial charge in [-0.1, -0.05) is 0 Å². The van der Waals surface area contributed by atoms with Crippen LogP contribution in [0.5, 0.6) is 0 Å². The Morgan fingerprint density at radius 2 is 2.31 bits per heavy atom. The molecule has 2 rings (SSSR count). The maximum Gasteiger partial charge on any atom is 0.222 e. The van der Waals surface area contributed by atoms with E-state index in [1.165, 1.54) is 0 Å². The van der Waals surface area contributed by atoms with E-state index >= 15 is 0 Å². The van der Waals surface area contributed by atoms with Gasteiger partial charge in [0.25, 0.3) is 0 Å². The summed E-state index contributed by atoms with van der Waals surface area (Å²) in [4.78, 5) is 7.86. The lowest BCUT2D eigenvalue weighted by Gasteiger charge is -2.02. The fraction of sp³-hybridized carbons (Fsp3) is 0. The molecule has 0 aliphatic heterocycles. The first-order chi connectivity index (χ1) is 6.27. The predicted octanol–water partition coefficient (Wildman–Crippen LogP) is 1.01. The molecule has 0 bridgehead atoms. The zero-order chi connectivity index (χ0) is 9.26. The summed E-state index contributed by atoms with van der Waals surface area (Å²) < 4.78 is 2.37. The van der Waals surface area contributed by atoms with Gasteiger partial charge in [-0.25, -0.2) is 9.67 Å². The third-order valence-corrected chi connectivity index (χ3v) is 2.03. The molecule has 0 unspecified atom stereocenters. The molecule has 6 heteroatoms. The number of aromatic nitrogens is 4. The van der Waals surface area contributed by atoms with Gasteiger partial charge in [0.1, 0.15) is 0 Å². The van der Waals surface area contributed by atoms with Gasteiger partial charge in [-0.05, 0) is 22.0 Å². The molecule has 2 heterocycles. The summed E-state index contributed by atoms with van der Waals surface area (Å²) in [6.45, 7) is 0. The van der Waals surface area contributed by atoms with Crippen molar-refractivity contribution in [3.8, 4) is 5.82 Å². The molecule has 0 fully saturated rings. The van der Waals surface area contributed by atoms with Crippen LogP contribution >= 0.6 is 15.9 Å². The van der Waals surface area contributed by atoms with Crippen LogP contribution in [0.15, 0.2) is 29.1 Å². The molecule has 0 aliphatic carbocycles. The Bertz CT molecular complexity index is 411. The molecule has 0 aliphatic rings. The molecule has 2 aromatic rings. The summed E-state index contributed by atoms with van der Waals surface area (Å²) in [6.07, 6.45) is 5.05. The molecule has 0 spiro atoms. The average Bonchev–Trinajstić information content (AvgIpc) is 2.61. The van der Waals surface area contributed by atoms with Gasteiger partial charge >= 0.3 is 0 Å². The van der Waals surface area contributed by atoms with Gasteiger partial charge in [-0.15, -0.1) is 0 Å². The molecule has 0 aromatic carbocycles. The molecule has 13 heavy (non-hydrogen) atoms. The number of nitrogens with two attached hydrogens (primary N) is 1. The first kappa shape index (κ1) is 8.18. The third-order valence-electron chi connectivity index (χ3n) is 1.47. The average molecular weight is 240 g/mol. The lowest BCUT2D eigenvalue weighted by atomic mass is 10.6. The SMILES string of the molecule is Nc1ncc(Br)c(-n2cccn2)n1.